The van der Waals surface area contributed by atoms with Crippen LogP contribution in [0.4, 0.5) is 22.7 Å². The maximum Gasteiger partial charge on any atom is 0.143 e. The number of nitrogens with zero attached hydrogens (tertiary/aromatic N) is 3. The number of anilines is 2. The van der Waals surface area contributed by atoms with E-state index in [1.54, 1.807) is 30.3 Å². The van der Waals surface area contributed by atoms with E-state index in [4.69, 9.17) is 21.5 Å². The average Bonchev–Trinajstić information content (AvgIpc) is 2.47. The van der Waals surface area contributed by atoms with Crippen LogP contribution in [0.1, 0.15) is 11.1 Å². The van der Waals surface area contributed by atoms with Gasteiger partial charge >= 0.3 is 0 Å². The van der Waals surface area contributed by atoms with Gasteiger partial charge in [0.2, 0.25) is 0 Å². The van der Waals surface area contributed by atoms with Gasteiger partial charge in [-0.15, -0.1) is 5.11 Å². The molecular formula is C15H15N5O. The Bertz CT molecular complexity index is 746. The monoisotopic (exact) mass is 281 g/mol. The second kappa shape index (κ2) is 5.92. The van der Waals surface area contributed by atoms with Gasteiger partial charge in [-0.3, -0.25) is 0 Å². The van der Waals surface area contributed by atoms with Crippen molar-refractivity contribution in [2.75, 3.05) is 18.6 Å². The maximum absolute atomic E-state index is 9.07. The van der Waals surface area contributed by atoms with Gasteiger partial charge < -0.3 is 16.2 Å². The zero-order valence-electron chi connectivity index (χ0n) is 11.8. The number of aryl methyl sites for hydroxylation is 1. The fourth-order valence-corrected chi connectivity index (χ4v) is 1.82. The molecule has 0 heterocycles. The van der Waals surface area contributed by atoms with Crippen LogP contribution in [0, 0.1) is 18.3 Å². The first-order valence-electron chi connectivity index (χ1n) is 6.20. The van der Waals surface area contributed by atoms with Crippen molar-refractivity contribution < 1.29 is 4.74 Å². The van der Waals surface area contributed by atoms with Crippen molar-refractivity contribution in [3.05, 3.63) is 41.5 Å². The van der Waals surface area contributed by atoms with Crippen molar-refractivity contribution in [3.63, 3.8) is 0 Å². The molecule has 0 aromatic heterocycles. The molecule has 106 valence electrons. The van der Waals surface area contributed by atoms with E-state index in [0.29, 0.717) is 34.1 Å². The number of rotatable bonds is 3. The molecule has 0 atom stereocenters. The van der Waals surface area contributed by atoms with E-state index >= 15 is 0 Å². The van der Waals surface area contributed by atoms with Gasteiger partial charge in [-0.2, -0.15) is 10.4 Å². The topological polar surface area (TPSA) is 110 Å². The third-order valence-corrected chi connectivity index (χ3v) is 2.95. The minimum atomic E-state index is 0.374. The Hall–Kier alpha value is -3.07. The van der Waals surface area contributed by atoms with Crippen molar-refractivity contribution in [1.29, 1.82) is 5.26 Å². The predicted molar refractivity (Wildman–Crippen MR) is 81.9 cm³/mol. The van der Waals surface area contributed by atoms with E-state index in [0.717, 1.165) is 5.56 Å². The van der Waals surface area contributed by atoms with Gasteiger partial charge in [0.15, 0.2) is 0 Å². The summed E-state index contributed by atoms with van der Waals surface area (Å²) in [4.78, 5) is 0. The number of nitrogen functional groups attached to an aromatic ring is 2. The summed E-state index contributed by atoms with van der Waals surface area (Å²) in [5.41, 5.74) is 14.8. The smallest absolute Gasteiger partial charge is 0.143 e. The molecule has 2 rings (SSSR count). The number of nitrogens with two attached hydrogens (primary N) is 2. The summed E-state index contributed by atoms with van der Waals surface area (Å²) < 4.78 is 5.16. The lowest BCUT2D eigenvalue weighted by molar-refractivity contribution is 0.417. The van der Waals surface area contributed by atoms with Crippen molar-refractivity contribution in [2.24, 2.45) is 10.2 Å². The van der Waals surface area contributed by atoms with Crippen LogP contribution < -0.4 is 16.2 Å². The van der Waals surface area contributed by atoms with Gasteiger partial charge in [0, 0.05) is 11.8 Å². The molecule has 0 aliphatic carbocycles. The molecule has 0 amide bonds. The quantitative estimate of drug-likeness (QED) is 0.663. The van der Waals surface area contributed by atoms with Gasteiger partial charge in [-0.1, -0.05) is 0 Å². The molecule has 0 saturated carbocycles. The molecule has 0 saturated heterocycles. The van der Waals surface area contributed by atoms with Gasteiger partial charge in [-0.05, 0) is 36.8 Å². The molecular weight excluding hydrogens is 266 g/mol. The molecule has 0 radical (unpaired) electrons. The SMILES string of the molecule is COc1cc(/N=N/c2ccc(N)cc2C#N)c(C)cc1N. The van der Waals surface area contributed by atoms with Crippen LogP contribution >= 0.6 is 0 Å². The highest BCUT2D eigenvalue weighted by Gasteiger charge is 2.06. The summed E-state index contributed by atoms with van der Waals surface area (Å²) in [5, 5.41) is 17.3. The third kappa shape index (κ3) is 3.09. The van der Waals surface area contributed by atoms with E-state index in [1.807, 2.05) is 13.0 Å². The lowest BCUT2D eigenvalue weighted by Gasteiger charge is -2.07. The number of nitriles is 1. The molecule has 0 bridgehead atoms. The standard InChI is InChI=1S/C15H15N5O/c1-9-5-12(18)15(21-2)7-14(9)20-19-13-4-3-11(17)6-10(13)8-16/h3-7H,17-18H2,1-2H3/b20-19+. The van der Waals surface area contributed by atoms with Crippen LogP contribution in [0.2, 0.25) is 0 Å². The zero-order chi connectivity index (χ0) is 15.4. The van der Waals surface area contributed by atoms with Crippen molar-refractivity contribution in [1.82, 2.24) is 0 Å². The molecule has 2 aromatic rings. The first-order valence-corrected chi connectivity index (χ1v) is 6.20. The fourth-order valence-electron chi connectivity index (χ4n) is 1.82. The lowest BCUT2D eigenvalue weighted by atomic mass is 10.1. The van der Waals surface area contributed by atoms with Gasteiger partial charge in [-0.25, -0.2) is 0 Å². The number of azo groups is 1. The number of ether oxygens (including phenoxy) is 1. The normalized spacial score (nSPS) is 10.5. The van der Waals surface area contributed by atoms with E-state index in [1.165, 1.54) is 7.11 Å². The fraction of sp³-hybridized carbons (Fsp3) is 0.133. The van der Waals surface area contributed by atoms with Crippen molar-refractivity contribution in [3.8, 4) is 11.8 Å². The number of methoxy groups -OCH3 is 1. The molecule has 21 heavy (non-hydrogen) atoms. The minimum absolute atomic E-state index is 0.374. The minimum Gasteiger partial charge on any atom is -0.495 e. The summed E-state index contributed by atoms with van der Waals surface area (Å²) in [7, 11) is 1.54. The number of hydrogen-bond acceptors (Lipinski definition) is 6. The molecule has 0 spiro atoms. The summed E-state index contributed by atoms with van der Waals surface area (Å²) in [6, 6.07) is 10.4. The van der Waals surface area contributed by atoms with Crippen LogP contribution in [-0.2, 0) is 0 Å². The van der Waals surface area contributed by atoms with Crippen molar-refractivity contribution in [2.45, 2.75) is 6.92 Å². The Morgan fingerprint density at radius 3 is 2.48 bits per heavy atom. The second-order valence-electron chi connectivity index (χ2n) is 4.47. The van der Waals surface area contributed by atoms with Gasteiger partial charge in [0.25, 0.3) is 0 Å². The van der Waals surface area contributed by atoms with Gasteiger partial charge in [0.1, 0.15) is 17.5 Å². The van der Waals surface area contributed by atoms with Crippen LogP contribution in [0.3, 0.4) is 0 Å². The Morgan fingerprint density at radius 2 is 1.81 bits per heavy atom. The van der Waals surface area contributed by atoms with E-state index in [2.05, 4.69) is 10.2 Å². The summed E-state index contributed by atoms with van der Waals surface area (Å²) in [5.74, 6) is 0.535. The first-order chi connectivity index (χ1) is 10.0. The maximum atomic E-state index is 9.07. The molecule has 6 nitrogen and oxygen atoms in total. The molecule has 0 aliphatic heterocycles. The largest absolute Gasteiger partial charge is 0.495 e. The molecule has 0 fully saturated rings. The molecule has 0 unspecified atom stereocenters. The Labute approximate surface area is 122 Å². The van der Waals surface area contributed by atoms with E-state index in [-0.39, 0.29) is 0 Å². The van der Waals surface area contributed by atoms with Crippen LogP contribution in [-0.4, -0.2) is 7.11 Å². The highest BCUT2D eigenvalue weighted by molar-refractivity contribution is 5.64. The van der Waals surface area contributed by atoms with Crippen molar-refractivity contribution >= 4 is 22.7 Å². The van der Waals surface area contributed by atoms with Crippen LogP contribution in [0.25, 0.3) is 0 Å². The van der Waals surface area contributed by atoms with E-state index < -0.39 is 0 Å². The second-order valence-corrected chi connectivity index (χ2v) is 4.47. The summed E-state index contributed by atoms with van der Waals surface area (Å²) in [6.07, 6.45) is 0. The highest BCUT2D eigenvalue weighted by Crippen LogP contribution is 2.32. The number of benzene rings is 2. The van der Waals surface area contributed by atoms with Crippen LogP contribution in [0.5, 0.6) is 5.75 Å². The lowest BCUT2D eigenvalue weighted by Crippen LogP contribution is -1.92. The Morgan fingerprint density at radius 1 is 1.10 bits per heavy atom. The number of hydrogen-bond donors (Lipinski definition) is 2. The highest BCUT2D eigenvalue weighted by atomic mass is 16.5. The predicted octanol–water partition coefficient (Wildman–Crippen LogP) is 3.46. The van der Waals surface area contributed by atoms with Crippen LogP contribution in [0.15, 0.2) is 40.6 Å². The molecule has 0 aliphatic rings. The average molecular weight is 281 g/mol. The summed E-state index contributed by atoms with van der Waals surface area (Å²) in [6.45, 7) is 1.87. The Kier molecular flexibility index (Phi) is 4.05. The zero-order valence-corrected chi connectivity index (χ0v) is 11.8. The first kappa shape index (κ1) is 14.3. The molecule has 2 aromatic carbocycles. The Balaban J connectivity index is 2.41. The molecule has 6 heteroatoms. The van der Waals surface area contributed by atoms with E-state index in [9.17, 15) is 0 Å². The summed E-state index contributed by atoms with van der Waals surface area (Å²) >= 11 is 0. The third-order valence-electron chi connectivity index (χ3n) is 2.95. The van der Waals surface area contributed by atoms with Gasteiger partial charge in [0.05, 0.1) is 24.0 Å². The molecule has 4 N–H and O–H groups in total.